The molecule has 144 valence electrons. The van der Waals surface area contributed by atoms with E-state index in [1.165, 1.54) is 0 Å². The Labute approximate surface area is 154 Å². The maximum atomic E-state index is 8.25. The Morgan fingerprint density at radius 3 is 0.333 bits per heavy atom. The summed E-state index contributed by atoms with van der Waals surface area (Å²) in [4.78, 5) is 33.0. The van der Waals surface area contributed by atoms with Gasteiger partial charge in [0, 0.05) is 0 Å². The maximum absolute atomic E-state index is 8.25. The first-order valence-electron chi connectivity index (χ1n) is 2.19. The van der Waals surface area contributed by atoms with Crippen LogP contribution in [0.1, 0.15) is 0 Å². The van der Waals surface area contributed by atoms with Crippen molar-refractivity contribution in [1.82, 2.24) is 0 Å². The normalized spacial score (nSPS) is 4.00. The van der Waals surface area contributed by atoms with Crippen LogP contribution >= 0.6 is 0 Å². The molecule has 0 saturated carbocycles. The fraction of sp³-hybridized carbons (Fsp3) is 0. The molecule has 0 aliphatic rings. The molecule has 0 fully saturated rings. The van der Waals surface area contributed by atoms with Gasteiger partial charge in [0.1, 0.15) is 0 Å². The molecular formula is H12N4O18Zn2. The molecule has 0 atom stereocenters. The molecule has 0 saturated heterocycles. The van der Waals surface area contributed by atoms with E-state index in [0.717, 1.165) is 0 Å². The van der Waals surface area contributed by atoms with E-state index >= 15 is 0 Å². The molecule has 12 N–H and O–H groups in total. The van der Waals surface area contributed by atoms with Crippen molar-refractivity contribution in [2.24, 2.45) is 0 Å². The Morgan fingerprint density at radius 2 is 0.333 bits per heavy atom. The molecule has 0 bridgehead atoms. The summed E-state index contributed by atoms with van der Waals surface area (Å²) in [6, 6.07) is 0. The van der Waals surface area contributed by atoms with E-state index in [1.54, 1.807) is 0 Å². The van der Waals surface area contributed by atoms with Crippen molar-refractivity contribution >= 4 is 0 Å². The van der Waals surface area contributed by atoms with E-state index in [4.69, 9.17) is 61.3 Å². The average molecular weight is 487 g/mol. The molecule has 0 spiro atoms. The van der Waals surface area contributed by atoms with E-state index < -0.39 is 20.3 Å². The Bertz CT molecular complexity index is 165. The predicted octanol–water partition coefficient (Wildman–Crippen LogP) is -5.91. The molecule has 0 aromatic carbocycles. The topological polar surface area (TPSA) is 454 Å². The molecule has 0 rings (SSSR count). The summed E-state index contributed by atoms with van der Waals surface area (Å²) < 4.78 is 0. The third-order valence-electron chi connectivity index (χ3n) is 0. The molecule has 0 amide bonds. The number of nitrogens with zero attached hydrogens (tertiary/aromatic N) is 4. The van der Waals surface area contributed by atoms with Gasteiger partial charge in [0.05, 0.1) is 20.3 Å². The second-order valence-electron chi connectivity index (χ2n) is 0.894. The average Bonchev–Trinajstić information content (AvgIpc) is 1.76. The van der Waals surface area contributed by atoms with Gasteiger partial charge in [0.2, 0.25) is 0 Å². The Hall–Kier alpha value is -2.19. The van der Waals surface area contributed by atoms with Gasteiger partial charge >= 0.3 is 39.0 Å². The van der Waals surface area contributed by atoms with E-state index in [0.29, 0.717) is 0 Å². The van der Waals surface area contributed by atoms with E-state index in [2.05, 4.69) is 0 Å². The van der Waals surface area contributed by atoms with Crippen molar-refractivity contribution < 1.29 is 92.2 Å². The molecule has 0 heterocycles. The Kier molecular flexibility index (Phi) is 347. The molecule has 24 heteroatoms. The summed E-state index contributed by atoms with van der Waals surface area (Å²) in [7, 11) is 0. The van der Waals surface area contributed by atoms with Gasteiger partial charge in [0.25, 0.3) is 0 Å². The van der Waals surface area contributed by atoms with Gasteiger partial charge < -0.3 is 94.1 Å². The van der Waals surface area contributed by atoms with Crippen LogP contribution in [-0.4, -0.2) is 53.2 Å². The van der Waals surface area contributed by atoms with Crippen LogP contribution in [-0.2, 0) is 39.0 Å². The first kappa shape index (κ1) is 98.2. The molecule has 0 unspecified atom stereocenters. The Balaban J connectivity index is -0.00000000720. The third-order valence-corrected chi connectivity index (χ3v) is 0. The molecule has 0 radical (unpaired) electrons. The van der Waals surface area contributed by atoms with Gasteiger partial charge in [-0.25, -0.2) is 0 Å². The van der Waals surface area contributed by atoms with Gasteiger partial charge in [-0.15, -0.1) is 0 Å². The van der Waals surface area contributed by atoms with Crippen LogP contribution in [0.2, 0.25) is 0 Å². The van der Waals surface area contributed by atoms with Gasteiger partial charge in [-0.3, -0.25) is 0 Å². The first-order chi connectivity index (χ1) is 6.93. The van der Waals surface area contributed by atoms with Crippen molar-refractivity contribution in [3.8, 4) is 0 Å². The molecule has 0 aliphatic carbocycles. The van der Waals surface area contributed by atoms with Crippen molar-refractivity contribution in [2.75, 3.05) is 0 Å². The van der Waals surface area contributed by atoms with Gasteiger partial charge in [0.15, 0.2) is 0 Å². The summed E-state index contributed by atoms with van der Waals surface area (Å²) in [6.45, 7) is 0. The standard InChI is InChI=1S/4NO3.6H2O.2Zn/c4*2-1(3)4;;;;;;;;/h;;;;6*1H2;;/q4*-1;;;;;;;2*+2. The van der Waals surface area contributed by atoms with Crippen LogP contribution in [0.4, 0.5) is 0 Å². The molecule has 0 aromatic rings. The van der Waals surface area contributed by atoms with Gasteiger partial charge in [-0.2, -0.15) is 0 Å². The first-order valence-corrected chi connectivity index (χ1v) is 2.19. The zero-order chi connectivity index (χ0) is 14.3. The van der Waals surface area contributed by atoms with Crippen LogP contribution < -0.4 is 0 Å². The van der Waals surface area contributed by atoms with Crippen molar-refractivity contribution in [2.45, 2.75) is 0 Å². The zero-order valence-corrected chi connectivity index (χ0v) is 17.0. The molecule has 0 aliphatic heterocycles. The maximum Gasteiger partial charge on any atom is 2.00 e. The van der Waals surface area contributed by atoms with E-state index in [1.807, 2.05) is 0 Å². The largest absolute Gasteiger partial charge is 2.00 e. The Morgan fingerprint density at radius 1 is 0.333 bits per heavy atom. The van der Waals surface area contributed by atoms with Gasteiger partial charge in [-0.05, 0) is 0 Å². The number of rotatable bonds is 0. The van der Waals surface area contributed by atoms with Gasteiger partial charge in [-0.1, -0.05) is 0 Å². The molecule has 22 nitrogen and oxygen atoms in total. The predicted molar refractivity (Wildman–Crippen MR) is 63.1 cm³/mol. The van der Waals surface area contributed by atoms with Crippen LogP contribution in [0, 0.1) is 61.3 Å². The van der Waals surface area contributed by atoms with Crippen molar-refractivity contribution in [1.29, 1.82) is 0 Å². The summed E-state index contributed by atoms with van der Waals surface area (Å²) >= 11 is 0. The second kappa shape index (κ2) is 84.9. The van der Waals surface area contributed by atoms with Crippen LogP contribution in [0.15, 0.2) is 0 Å². The molecule has 24 heavy (non-hydrogen) atoms. The molecule has 0 aromatic heterocycles. The summed E-state index contributed by atoms with van der Waals surface area (Å²) in [5.41, 5.74) is 0. The van der Waals surface area contributed by atoms with Crippen molar-refractivity contribution in [3.63, 3.8) is 0 Å². The van der Waals surface area contributed by atoms with Crippen LogP contribution in [0.5, 0.6) is 0 Å². The smallest absolute Gasteiger partial charge is 0.412 e. The minimum Gasteiger partial charge on any atom is -0.412 e. The minimum atomic E-state index is -1.75. The summed E-state index contributed by atoms with van der Waals surface area (Å²) in [5.74, 6) is 0. The monoisotopic (exact) mass is 484 g/mol. The SMILES string of the molecule is O.O.O.O.O.O.O=[N+]([O-])[O-].O=[N+]([O-])[O-].O=[N+]([O-])[O-].O=[N+]([O-])[O-].[Zn+2].[Zn+2]. The minimum absolute atomic E-state index is 0. The second-order valence-corrected chi connectivity index (χ2v) is 0.894. The number of hydrogen-bond donors (Lipinski definition) is 0. The number of hydrogen-bond acceptors (Lipinski definition) is 12. The fourth-order valence-electron chi connectivity index (χ4n) is 0. The zero-order valence-electron chi connectivity index (χ0n) is 11.1. The summed E-state index contributed by atoms with van der Waals surface area (Å²) in [5, 5.41) is 59.0. The van der Waals surface area contributed by atoms with E-state index in [9.17, 15) is 0 Å². The summed E-state index contributed by atoms with van der Waals surface area (Å²) in [6.07, 6.45) is 0. The quantitative estimate of drug-likeness (QED) is 0.175. The molecular weight excluding hydrogens is 475 g/mol. The van der Waals surface area contributed by atoms with Crippen LogP contribution in [0.25, 0.3) is 0 Å². The van der Waals surface area contributed by atoms with Crippen molar-refractivity contribution in [3.05, 3.63) is 61.3 Å². The van der Waals surface area contributed by atoms with E-state index in [-0.39, 0.29) is 71.8 Å². The third kappa shape index (κ3) is 1460. The fourth-order valence-corrected chi connectivity index (χ4v) is 0. The van der Waals surface area contributed by atoms with Crippen LogP contribution in [0.3, 0.4) is 0 Å².